The maximum atomic E-state index is 12.4. The number of furan rings is 1. The van der Waals surface area contributed by atoms with E-state index in [9.17, 15) is 4.79 Å². The van der Waals surface area contributed by atoms with E-state index in [1.807, 2.05) is 74.5 Å². The van der Waals surface area contributed by atoms with Gasteiger partial charge in [0, 0.05) is 12.1 Å². The number of likely N-dealkylation sites (N-methyl/N-ethyl adjacent to an activating group) is 1. The van der Waals surface area contributed by atoms with Gasteiger partial charge in [-0.1, -0.05) is 37.3 Å². The SMILES string of the molecule is CC/C(=C\c1ccccc1)C(=O)NCC(c1ccco1)N(C)C. The fourth-order valence-corrected chi connectivity index (χ4v) is 2.40. The van der Waals surface area contributed by atoms with Gasteiger partial charge in [0.15, 0.2) is 0 Å². The van der Waals surface area contributed by atoms with Crippen molar-refractivity contribution >= 4 is 12.0 Å². The van der Waals surface area contributed by atoms with Crippen molar-refractivity contribution in [2.45, 2.75) is 19.4 Å². The molecule has 0 aliphatic heterocycles. The van der Waals surface area contributed by atoms with Crippen LogP contribution in [-0.2, 0) is 4.79 Å². The van der Waals surface area contributed by atoms with Crippen molar-refractivity contribution in [2.75, 3.05) is 20.6 Å². The third-order valence-corrected chi connectivity index (χ3v) is 3.76. The smallest absolute Gasteiger partial charge is 0.247 e. The van der Waals surface area contributed by atoms with Crippen LogP contribution >= 0.6 is 0 Å². The van der Waals surface area contributed by atoms with Gasteiger partial charge in [-0.2, -0.15) is 0 Å². The molecule has 1 heterocycles. The summed E-state index contributed by atoms with van der Waals surface area (Å²) in [6, 6.07) is 13.7. The van der Waals surface area contributed by atoms with Crippen LogP contribution in [0.1, 0.15) is 30.7 Å². The zero-order valence-electron chi connectivity index (χ0n) is 14.0. The molecule has 122 valence electrons. The van der Waals surface area contributed by atoms with Crippen LogP contribution in [0.5, 0.6) is 0 Å². The van der Waals surface area contributed by atoms with Gasteiger partial charge in [-0.3, -0.25) is 9.69 Å². The van der Waals surface area contributed by atoms with E-state index in [0.717, 1.165) is 16.9 Å². The van der Waals surface area contributed by atoms with Gasteiger partial charge in [0.05, 0.1) is 12.3 Å². The minimum atomic E-state index is -0.0326. The lowest BCUT2D eigenvalue weighted by molar-refractivity contribution is -0.117. The van der Waals surface area contributed by atoms with Crippen molar-refractivity contribution in [3.05, 3.63) is 65.6 Å². The van der Waals surface area contributed by atoms with Crippen LogP contribution in [0.2, 0.25) is 0 Å². The predicted octanol–water partition coefficient (Wildman–Crippen LogP) is 3.49. The summed E-state index contributed by atoms with van der Waals surface area (Å²) in [5.41, 5.74) is 1.81. The first-order chi connectivity index (χ1) is 11.1. The zero-order chi connectivity index (χ0) is 16.7. The third-order valence-electron chi connectivity index (χ3n) is 3.76. The molecule has 0 fully saturated rings. The van der Waals surface area contributed by atoms with E-state index < -0.39 is 0 Å². The number of hydrogen-bond donors (Lipinski definition) is 1. The monoisotopic (exact) mass is 312 g/mol. The second-order valence-electron chi connectivity index (χ2n) is 5.64. The van der Waals surface area contributed by atoms with Crippen LogP contribution in [0.3, 0.4) is 0 Å². The number of nitrogens with one attached hydrogen (secondary N) is 1. The molecular weight excluding hydrogens is 288 g/mol. The van der Waals surface area contributed by atoms with Gasteiger partial charge in [-0.15, -0.1) is 0 Å². The molecule has 2 aromatic rings. The normalized spacial score (nSPS) is 13.1. The molecule has 2 rings (SSSR count). The first kappa shape index (κ1) is 17.0. The molecule has 0 saturated carbocycles. The zero-order valence-corrected chi connectivity index (χ0v) is 14.0. The number of amides is 1. The van der Waals surface area contributed by atoms with Crippen molar-refractivity contribution in [2.24, 2.45) is 0 Å². The number of carbonyl (C=O) groups is 1. The highest BCUT2D eigenvalue weighted by molar-refractivity contribution is 5.97. The molecule has 1 atom stereocenters. The van der Waals surface area contributed by atoms with E-state index in [2.05, 4.69) is 5.32 Å². The number of carbonyl (C=O) groups excluding carboxylic acids is 1. The molecule has 1 aromatic carbocycles. The maximum Gasteiger partial charge on any atom is 0.247 e. The fraction of sp³-hybridized carbons (Fsp3) is 0.316. The number of hydrogen-bond acceptors (Lipinski definition) is 3. The topological polar surface area (TPSA) is 45.5 Å². The van der Waals surface area contributed by atoms with Crippen LogP contribution in [0.15, 0.2) is 58.7 Å². The lowest BCUT2D eigenvalue weighted by Gasteiger charge is -2.22. The molecule has 1 unspecified atom stereocenters. The Labute approximate surface area is 137 Å². The van der Waals surface area contributed by atoms with Crippen molar-refractivity contribution < 1.29 is 9.21 Å². The Morgan fingerprint density at radius 3 is 2.52 bits per heavy atom. The molecule has 0 radical (unpaired) electrons. The van der Waals surface area contributed by atoms with Crippen molar-refractivity contribution in [3.8, 4) is 0 Å². The summed E-state index contributed by atoms with van der Waals surface area (Å²) >= 11 is 0. The molecule has 0 aliphatic carbocycles. The highest BCUT2D eigenvalue weighted by Gasteiger charge is 2.18. The number of benzene rings is 1. The molecule has 1 aromatic heterocycles. The minimum absolute atomic E-state index is 0.0174. The van der Waals surface area contributed by atoms with Crippen molar-refractivity contribution in [3.63, 3.8) is 0 Å². The number of rotatable bonds is 7. The Morgan fingerprint density at radius 1 is 1.22 bits per heavy atom. The summed E-state index contributed by atoms with van der Waals surface area (Å²) in [6.45, 7) is 2.50. The highest BCUT2D eigenvalue weighted by Crippen LogP contribution is 2.18. The summed E-state index contributed by atoms with van der Waals surface area (Å²) in [5, 5.41) is 3.01. The van der Waals surface area contributed by atoms with Gasteiger partial charge in [0.2, 0.25) is 5.91 Å². The molecular formula is C19H24N2O2. The first-order valence-electron chi connectivity index (χ1n) is 7.85. The molecule has 0 saturated heterocycles. The molecule has 0 aliphatic rings. The average Bonchev–Trinajstić information content (AvgIpc) is 3.07. The molecule has 4 heteroatoms. The summed E-state index contributed by atoms with van der Waals surface area (Å²) < 4.78 is 5.46. The molecule has 0 bridgehead atoms. The Kier molecular flexibility index (Phi) is 6.18. The minimum Gasteiger partial charge on any atom is -0.468 e. The van der Waals surface area contributed by atoms with E-state index in [0.29, 0.717) is 13.0 Å². The van der Waals surface area contributed by atoms with Gasteiger partial charge < -0.3 is 9.73 Å². The Morgan fingerprint density at radius 2 is 1.96 bits per heavy atom. The standard InChI is InChI=1S/C19H24N2O2/c1-4-16(13-15-9-6-5-7-10-15)19(22)20-14-17(21(2)3)18-11-8-12-23-18/h5-13,17H,4,14H2,1-3H3,(H,20,22)/b16-13+. The highest BCUT2D eigenvalue weighted by atomic mass is 16.3. The summed E-state index contributed by atoms with van der Waals surface area (Å²) in [7, 11) is 3.94. The summed E-state index contributed by atoms with van der Waals surface area (Å²) in [6.07, 6.45) is 4.28. The lowest BCUT2D eigenvalue weighted by Crippen LogP contribution is -2.35. The van der Waals surface area contributed by atoms with Crippen LogP contribution in [0.4, 0.5) is 0 Å². The molecule has 4 nitrogen and oxygen atoms in total. The van der Waals surface area contributed by atoms with Crippen LogP contribution in [-0.4, -0.2) is 31.4 Å². The summed E-state index contributed by atoms with van der Waals surface area (Å²) in [4.78, 5) is 14.5. The fourth-order valence-electron chi connectivity index (χ4n) is 2.40. The first-order valence-corrected chi connectivity index (χ1v) is 7.85. The largest absolute Gasteiger partial charge is 0.468 e. The molecule has 0 spiro atoms. The molecule has 23 heavy (non-hydrogen) atoms. The van der Waals surface area contributed by atoms with Crippen molar-refractivity contribution in [1.82, 2.24) is 10.2 Å². The predicted molar refractivity (Wildman–Crippen MR) is 92.9 cm³/mol. The molecule has 1 amide bonds. The Bertz CT molecular complexity index is 631. The van der Waals surface area contributed by atoms with E-state index in [-0.39, 0.29) is 11.9 Å². The van der Waals surface area contributed by atoms with Gasteiger partial charge in [-0.25, -0.2) is 0 Å². The second kappa shape index (κ2) is 8.34. The van der Waals surface area contributed by atoms with Gasteiger partial charge in [-0.05, 0) is 44.3 Å². The van der Waals surface area contributed by atoms with Crippen molar-refractivity contribution in [1.29, 1.82) is 0 Å². The van der Waals surface area contributed by atoms with Gasteiger partial charge in [0.1, 0.15) is 5.76 Å². The second-order valence-corrected chi connectivity index (χ2v) is 5.64. The average molecular weight is 312 g/mol. The van der Waals surface area contributed by atoms with E-state index in [1.165, 1.54) is 0 Å². The lowest BCUT2D eigenvalue weighted by atomic mass is 10.1. The Balaban J connectivity index is 2.03. The molecule has 1 N–H and O–H groups in total. The van der Waals surface area contributed by atoms with E-state index in [4.69, 9.17) is 4.42 Å². The van der Waals surface area contributed by atoms with E-state index in [1.54, 1.807) is 6.26 Å². The number of nitrogens with zero attached hydrogens (tertiary/aromatic N) is 1. The van der Waals surface area contributed by atoms with Gasteiger partial charge in [0.25, 0.3) is 0 Å². The third kappa shape index (κ3) is 4.83. The maximum absolute atomic E-state index is 12.4. The van der Waals surface area contributed by atoms with Crippen LogP contribution in [0.25, 0.3) is 6.08 Å². The van der Waals surface area contributed by atoms with Crippen LogP contribution in [0, 0.1) is 0 Å². The van der Waals surface area contributed by atoms with Gasteiger partial charge >= 0.3 is 0 Å². The Hall–Kier alpha value is -2.33. The summed E-state index contributed by atoms with van der Waals surface area (Å²) in [5.74, 6) is 0.815. The van der Waals surface area contributed by atoms with E-state index >= 15 is 0 Å². The quantitative estimate of drug-likeness (QED) is 0.796. The van der Waals surface area contributed by atoms with Crippen LogP contribution < -0.4 is 5.32 Å².